The predicted molar refractivity (Wildman–Crippen MR) is 138 cm³/mol. The molecule has 0 bridgehead atoms. The van der Waals surface area contributed by atoms with Crippen LogP contribution < -0.4 is 4.74 Å². The Hall–Kier alpha value is -3.67. The average molecular weight is 607 g/mol. The number of esters is 1. The molecule has 0 radical (unpaired) electrons. The minimum atomic E-state index is -1.83. The molecule has 5 rings (SSSR count). The van der Waals surface area contributed by atoms with Gasteiger partial charge in [0.15, 0.2) is 24.0 Å². The number of aliphatic hydroxyl groups excluding tert-OH is 5. The van der Waals surface area contributed by atoms with Crippen LogP contribution in [0.1, 0.15) is 44.3 Å². The number of hydrogen-bond donors (Lipinski definition) is 7. The second kappa shape index (κ2) is 11.8. The third kappa shape index (κ3) is 5.57. The number of hydrogen-bond acceptors (Lipinski definition) is 15. The fraction of sp³-hybridized carbons (Fsp3) is 0.464. The van der Waals surface area contributed by atoms with Crippen molar-refractivity contribution in [1.29, 1.82) is 0 Å². The number of fused-ring (bicyclic) bond motifs is 2. The van der Waals surface area contributed by atoms with Crippen molar-refractivity contribution in [2.45, 2.75) is 69.2 Å². The van der Waals surface area contributed by atoms with E-state index in [0.29, 0.717) is 0 Å². The second-order valence-electron chi connectivity index (χ2n) is 10.5. The van der Waals surface area contributed by atoms with Crippen LogP contribution >= 0.6 is 0 Å². The van der Waals surface area contributed by atoms with E-state index in [1.807, 2.05) is 0 Å². The molecule has 2 aliphatic heterocycles. The maximum Gasteiger partial charge on any atom is 0.302 e. The Morgan fingerprint density at radius 1 is 0.907 bits per heavy atom. The number of rotatable bonds is 6. The van der Waals surface area contributed by atoms with E-state index in [0.717, 1.165) is 19.1 Å². The predicted octanol–water partition coefficient (Wildman–Crippen LogP) is -1.61. The molecule has 15 heteroatoms. The molecule has 2 aromatic carbocycles. The standard InChI is InChI=1S/C28H30O15/c1-9-16(6-14-18(19(9)32)21(34)12-4-3-11(30)5-13(12)20(14)33)41-28-26(43-27-25(38)22(35)15(31)7-40-27)24(37)23(36)17(42-28)8-39-10(2)29/h3-6,15,17,22-28,30-32,35-38H,7-8H2,1-2H3. The lowest BCUT2D eigenvalue weighted by Crippen LogP contribution is -2.64. The van der Waals surface area contributed by atoms with Crippen molar-refractivity contribution >= 4 is 17.5 Å². The van der Waals surface area contributed by atoms with Gasteiger partial charge < -0.3 is 59.4 Å². The number of carbonyl (C=O) groups is 3. The zero-order chi connectivity index (χ0) is 31.3. The van der Waals surface area contributed by atoms with Gasteiger partial charge in [0, 0.05) is 29.2 Å². The van der Waals surface area contributed by atoms with E-state index in [9.17, 15) is 50.1 Å². The molecule has 3 aliphatic rings. The van der Waals surface area contributed by atoms with Crippen molar-refractivity contribution in [3.8, 4) is 17.2 Å². The maximum absolute atomic E-state index is 13.3. The summed E-state index contributed by atoms with van der Waals surface area (Å²) >= 11 is 0. The lowest BCUT2D eigenvalue weighted by atomic mass is 9.82. The summed E-state index contributed by atoms with van der Waals surface area (Å²) in [5.41, 5.74) is -0.693. The number of carbonyl (C=O) groups excluding carboxylic acids is 3. The number of ether oxygens (including phenoxy) is 5. The largest absolute Gasteiger partial charge is 0.508 e. The number of benzene rings is 2. The van der Waals surface area contributed by atoms with Gasteiger partial charge in [0.25, 0.3) is 0 Å². The number of ketones is 2. The van der Waals surface area contributed by atoms with Gasteiger partial charge in [-0.3, -0.25) is 14.4 Å². The molecule has 1 aliphatic carbocycles. The van der Waals surface area contributed by atoms with Crippen molar-refractivity contribution in [2.24, 2.45) is 0 Å². The summed E-state index contributed by atoms with van der Waals surface area (Å²) in [6, 6.07) is 4.76. The molecule has 7 N–H and O–H groups in total. The Morgan fingerprint density at radius 2 is 1.63 bits per heavy atom. The lowest BCUT2D eigenvalue weighted by Gasteiger charge is -2.44. The van der Waals surface area contributed by atoms with Crippen LogP contribution in [0.4, 0.5) is 0 Å². The average Bonchev–Trinajstić information content (AvgIpc) is 2.96. The topological polar surface area (TPSA) is 239 Å². The van der Waals surface area contributed by atoms with Gasteiger partial charge in [0.05, 0.1) is 12.2 Å². The van der Waals surface area contributed by atoms with Crippen molar-refractivity contribution < 1.29 is 73.8 Å². The number of aromatic hydroxyl groups is 2. The van der Waals surface area contributed by atoms with Crippen LogP contribution in [0.15, 0.2) is 24.3 Å². The van der Waals surface area contributed by atoms with E-state index < -0.39 is 91.8 Å². The third-order valence-electron chi connectivity index (χ3n) is 7.55. The van der Waals surface area contributed by atoms with Gasteiger partial charge >= 0.3 is 5.97 Å². The van der Waals surface area contributed by atoms with Crippen molar-refractivity contribution in [1.82, 2.24) is 0 Å². The summed E-state index contributed by atoms with van der Waals surface area (Å²) in [5, 5.41) is 72.7. The number of aliphatic hydroxyl groups is 5. The molecular formula is C28H30O15. The van der Waals surface area contributed by atoms with Gasteiger partial charge in [0.2, 0.25) is 6.29 Å². The Labute approximate surface area is 243 Å². The Bertz CT molecular complexity index is 1440. The number of phenolic OH excluding ortho intramolecular Hbond substituents is 2. The van der Waals surface area contributed by atoms with E-state index >= 15 is 0 Å². The Kier molecular flexibility index (Phi) is 8.43. The lowest BCUT2D eigenvalue weighted by molar-refractivity contribution is -0.345. The summed E-state index contributed by atoms with van der Waals surface area (Å²) in [7, 11) is 0. The van der Waals surface area contributed by atoms with E-state index in [-0.39, 0.29) is 39.3 Å². The molecule has 43 heavy (non-hydrogen) atoms. The highest BCUT2D eigenvalue weighted by atomic mass is 16.8. The van der Waals surface area contributed by atoms with Crippen molar-refractivity contribution in [3.05, 3.63) is 52.1 Å². The zero-order valence-electron chi connectivity index (χ0n) is 22.8. The molecule has 0 aromatic heterocycles. The van der Waals surface area contributed by atoms with Crippen LogP contribution in [0, 0.1) is 6.92 Å². The highest BCUT2D eigenvalue weighted by molar-refractivity contribution is 6.29. The monoisotopic (exact) mass is 606 g/mol. The first-order valence-electron chi connectivity index (χ1n) is 13.2. The molecule has 0 spiro atoms. The molecule has 232 valence electrons. The zero-order valence-corrected chi connectivity index (χ0v) is 22.8. The van der Waals surface area contributed by atoms with E-state index in [1.165, 1.54) is 19.1 Å². The van der Waals surface area contributed by atoms with Gasteiger partial charge in [-0.1, -0.05) is 0 Å². The molecule has 0 amide bonds. The van der Waals surface area contributed by atoms with Crippen LogP contribution in [-0.4, -0.2) is 122 Å². The van der Waals surface area contributed by atoms with Crippen molar-refractivity contribution in [3.63, 3.8) is 0 Å². The first kappa shape index (κ1) is 30.8. The molecule has 9 unspecified atom stereocenters. The molecule has 2 saturated heterocycles. The number of phenols is 2. The van der Waals surface area contributed by atoms with Crippen molar-refractivity contribution in [2.75, 3.05) is 13.2 Å². The fourth-order valence-corrected chi connectivity index (χ4v) is 5.13. The highest BCUT2D eigenvalue weighted by Gasteiger charge is 2.50. The first-order valence-corrected chi connectivity index (χ1v) is 13.2. The summed E-state index contributed by atoms with van der Waals surface area (Å²) in [6.45, 7) is 1.53. The smallest absolute Gasteiger partial charge is 0.302 e. The third-order valence-corrected chi connectivity index (χ3v) is 7.55. The van der Waals surface area contributed by atoms with Crippen LogP contribution in [0.5, 0.6) is 17.2 Å². The summed E-state index contributed by atoms with van der Waals surface area (Å²) < 4.78 is 27.5. The molecule has 15 nitrogen and oxygen atoms in total. The summed E-state index contributed by atoms with van der Waals surface area (Å²) in [4.78, 5) is 37.9. The maximum atomic E-state index is 13.3. The summed E-state index contributed by atoms with van der Waals surface area (Å²) in [6.07, 6.45) is -14.8. The molecular weight excluding hydrogens is 576 g/mol. The molecule has 9 atom stereocenters. The Balaban J connectivity index is 1.50. The molecule has 2 heterocycles. The van der Waals surface area contributed by atoms with E-state index in [1.54, 1.807) is 0 Å². The minimum Gasteiger partial charge on any atom is -0.508 e. The van der Waals surface area contributed by atoms with Crippen LogP contribution in [0.3, 0.4) is 0 Å². The van der Waals surface area contributed by atoms with E-state index in [4.69, 9.17) is 23.7 Å². The Morgan fingerprint density at radius 3 is 2.33 bits per heavy atom. The molecule has 2 aromatic rings. The highest BCUT2D eigenvalue weighted by Crippen LogP contribution is 2.41. The van der Waals surface area contributed by atoms with Crippen LogP contribution in [0.25, 0.3) is 0 Å². The van der Waals surface area contributed by atoms with E-state index in [2.05, 4.69) is 0 Å². The van der Waals surface area contributed by atoms with Crippen LogP contribution in [-0.2, 0) is 23.7 Å². The normalized spacial score (nSPS) is 32.1. The first-order chi connectivity index (χ1) is 20.3. The van der Waals surface area contributed by atoms with Gasteiger partial charge in [-0.05, 0) is 31.2 Å². The fourth-order valence-electron chi connectivity index (χ4n) is 5.13. The minimum absolute atomic E-state index is 0.0193. The second-order valence-corrected chi connectivity index (χ2v) is 10.5. The van der Waals surface area contributed by atoms with Crippen LogP contribution in [0.2, 0.25) is 0 Å². The van der Waals surface area contributed by atoms with Gasteiger partial charge in [0.1, 0.15) is 60.5 Å². The quantitative estimate of drug-likeness (QED) is 0.156. The van der Waals surface area contributed by atoms with Gasteiger partial charge in [-0.15, -0.1) is 0 Å². The summed E-state index contributed by atoms with van der Waals surface area (Å²) in [5.74, 6) is -3.14. The molecule has 2 fully saturated rings. The SMILES string of the molecule is CC(=O)OCC1OC(Oc2cc3c(c(O)c2C)C(=O)c2ccc(O)cc2C3=O)C(OC2OCC(O)C(O)C2O)C(O)C1O. The molecule has 0 saturated carbocycles. The van der Waals surface area contributed by atoms with Gasteiger partial charge in [-0.2, -0.15) is 0 Å². The van der Waals surface area contributed by atoms with Gasteiger partial charge in [-0.25, -0.2) is 0 Å².